The summed E-state index contributed by atoms with van der Waals surface area (Å²) in [7, 11) is 0. The van der Waals surface area contributed by atoms with Gasteiger partial charge in [-0.15, -0.1) is 0 Å². The van der Waals surface area contributed by atoms with E-state index in [1.54, 1.807) is 42.6 Å². The minimum atomic E-state index is -4.90. The summed E-state index contributed by atoms with van der Waals surface area (Å²) < 4.78 is 41.2. The molecule has 0 fully saturated rings. The molecule has 3 nitrogen and oxygen atoms in total. The first kappa shape index (κ1) is 13.3. The zero-order valence-electron chi connectivity index (χ0n) is 9.12. The highest BCUT2D eigenvalue weighted by atomic mass is 19.4. The third-order valence-electron chi connectivity index (χ3n) is 1.94. The molecule has 1 rings (SSSR count). The van der Waals surface area contributed by atoms with E-state index in [2.05, 4.69) is 0 Å². The molecule has 0 saturated heterocycles. The third-order valence-corrected chi connectivity index (χ3v) is 1.94. The number of rotatable bonds is 4. The highest BCUT2D eigenvalue weighted by molar-refractivity contribution is 5.81. The number of para-hydroxylation sites is 1. The number of carbonyl (C=O) groups excluding carboxylic acids is 1. The van der Waals surface area contributed by atoms with Crippen LogP contribution in [0.25, 0.3) is 0 Å². The van der Waals surface area contributed by atoms with E-state index in [-0.39, 0.29) is 6.42 Å². The number of ether oxygens (including phenoxy) is 1. The molecule has 0 radical (unpaired) electrons. The molecule has 0 aliphatic carbocycles. The minimum absolute atomic E-state index is 0.233. The summed E-state index contributed by atoms with van der Waals surface area (Å²) in [5.74, 6) is -1.60. The molecule has 0 heterocycles. The van der Waals surface area contributed by atoms with Crippen molar-refractivity contribution in [1.29, 1.82) is 0 Å². The number of hydrogen-bond acceptors (Lipinski definition) is 2. The van der Waals surface area contributed by atoms with E-state index in [4.69, 9.17) is 4.74 Å². The average molecular weight is 247 g/mol. The van der Waals surface area contributed by atoms with Crippen molar-refractivity contribution in [2.45, 2.75) is 25.7 Å². The molecule has 6 heteroatoms. The second kappa shape index (κ2) is 5.56. The summed E-state index contributed by atoms with van der Waals surface area (Å²) in [6.45, 7) is 1.62. The molecule has 0 aromatic heterocycles. The quantitative estimate of drug-likeness (QED) is 0.830. The summed E-state index contributed by atoms with van der Waals surface area (Å²) >= 11 is 0. The second-order valence-electron chi connectivity index (χ2n) is 3.30. The van der Waals surface area contributed by atoms with E-state index >= 15 is 0 Å². The van der Waals surface area contributed by atoms with Crippen LogP contribution in [0.5, 0.6) is 5.75 Å². The van der Waals surface area contributed by atoms with E-state index < -0.39 is 18.3 Å². The Kier molecular flexibility index (Phi) is 4.37. The third kappa shape index (κ3) is 4.34. The first-order chi connectivity index (χ1) is 7.93. The lowest BCUT2D eigenvalue weighted by atomic mass is 10.3. The number of nitrogens with one attached hydrogen (secondary N) is 1. The maximum Gasteiger partial charge on any atom is 0.471 e. The van der Waals surface area contributed by atoms with Crippen LogP contribution in [0.15, 0.2) is 30.3 Å². The Labute approximate surface area is 96.6 Å². The van der Waals surface area contributed by atoms with Crippen LogP contribution >= 0.6 is 0 Å². The summed E-state index contributed by atoms with van der Waals surface area (Å²) in [5.41, 5.74) is 0. The van der Waals surface area contributed by atoms with Gasteiger partial charge in [0.15, 0.2) is 6.23 Å². The predicted octanol–water partition coefficient (Wildman–Crippen LogP) is 2.48. The lowest BCUT2D eigenvalue weighted by molar-refractivity contribution is -0.176. The fourth-order valence-corrected chi connectivity index (χ4v) is 1.11. The van der Waals surface area contributed by atoms with Gasteiger partial charge in [-0.25, -0.2) is 0 Å². The van der Waals surface area contributed by atoms with E-state index in [0.29, 0.717) is 5.75 Å². The van der Waals surface area contributed by atoms with Crippen LogP contribution in [-0.2, 0) is 4.79 Å². The standard InChI is InChI=1S/C11H12F3NO2/c1-2-9(15-10(16)11(12,13)14)17-8-6-4-3-5-7-8/h3-7,9H,2H2,1H3,(H,15,16). The molecule has 0 saturated carbocycles. The van der Waals surface area contributed by atoms with Crippen molar-refractivity contribution in [3.8, 4) is 5.75 Å². The Morgan fingerprint density at radius 1 is 1.35 bits per heavy atom. The maximum atomic E-state index is 12.0. The summed E-state index contributed by atoms with van der Waals surface area (Å²) in [4.78, 5) is 10.7. The Bertz CT molecular complexity index is 365. The van der Waals surface area contributed by atoms with Crippen molar-refractivity contribution >= 4 is 5.91 Å². The van der Waals surface area contributed by atoms with Crippen LogP contribution in [0, 0.1) is 0 Å². The van der Waals surface area contributed by atoms with Gasteiger partial charge in [-0.1, -0.05) is 25.1 Å². The molecule has 1 aromatic rings. The molecule has 1 atom stereocenters. The number of carbonyl (C=O) groups is 1. The number of amides is 1. The normalized spacial score (nSPS) is 12.9. The molecular weight excluding hydrogens is 235 g/mol. The maximum absolute atomic E-state index is 12.0. The van der Waals surface area contributed by atoms with Crippen molar-refractivity contribution in [1.82, 2.24) is 5.32 Å². The number of alkyl halides is 3. The minimum Gasteiger partial charge on any atom is -0.471 e. The lowest BCUT2D eigenvalue weighted by Gasteiger charge is -2.19. The van der Waals surface area contributed by atoms with Crippen molar-refractivity contribution in [3.05, 3.63) is 30.3 Å². The summed E-state index contributed by atoms with van der Waals surface area (Å²) in [6.07, 6.45) is -5.66. The Hall–Kier alpha value is -1.72. The van der Waals surface area contributed by atoms with Gasteiger partial charge in [-0.3, -0.25) is 4.79 Å². The largest absolute Gasteiger partial charge is 0.471 e. The number of hydrogen-bond donors (Lipinski definition) is 1. The Morgan fingerprint density at radius 2 is 1.94 bits per heavy atom. The molecule has 0 spiro atoms. The first-order valence-corrected chi connectivity index (χ1v) is 5.03. The highest BCUT2D eigenvalue weighted by Crippen LogP contribution is 2.16. The SMILES string of the molecule is CCC(NC(=O)C(F)(F)F)Oc1ccccc1. The molecule has 1 aromatic carbocycles. The lowest BCUT2D eigenvalue weighted by Crippen LogP contribution is -2.45. The van der Waals surface area contributed by atoms with Gasteiger partial charge in [0.25, 0.3) is 0 Å². The molecule has 1 amide bonds. The fraction of sp³-hybridized carbons (Fsp3) is 0.364. The Morgan fingerprint density at radius 3 is 2.41 bits per heavy atom. The molecule has 0 aliphatic heterocycles. The number of halogens is 3. The van der Waals surface area contributed by atoms with E-state index in [1.807, 2.05) is 0 Å². The molecule has 0 bridgehead atoms. The topological polar surface area (TPSA) is 38.3 Å². The van der Waals surface area contributed by atoms with Crippen LogP contribution in [0.2, 0.25) is 0 Å². The van der Waals surface area contributed by atoms with Gasteiger partial charge in [-0.2, -0.15) is 13.2 Å². The van der Waals surface area contributed by atoms with Crippen LogP contribution < -0.4 is 10.1 Å². The predicted molar refractivity (Wildman–Crippen MR) is 55.3 cm³/mol. The summed E-state index contributed by atoms with van der Waals surface area (Å²) in [5, 5.41) is 1.77. The van der Waals surface area contributed by atoms with Crippen molar-refractivity contribution in [2.24, 2.45) is 0 Å². The van der Waals surface area contributed by atoms with Crippen molar-refractivity contribution < 1.29 is 22.7 Å². The highest BCUT2D eigenvalue weighted by Gasteiger charge is 2.39. The van der Waals surface area contributed by atoms with Crippen LogP contribution in [0.4, 0.5) is 13.2 Å². The molecule has 17 heavy (non-hydrogen) atoms. The van der Waals surface area contributed by atoms with Gasteiger partial charge in [0, 0.05) is 6.42 Å². The zero-order valence-corrected chi connectivity index (χ0v) is 9.12. The molecular formula is C11H12F3NO2. The van der Waals surface area contributed by atoms with Gasteiger partial charge >= 0.3 is 12.1 Å². The van der Waals surface area contributed by atoms with Gasteiger partial charge in [0.05, 0.1) is 0 Å². The fourth-order valence-electron chi connectivity index (χ4n) is 1.11. The van der Waals surface area contributed by atoms with Crippen LogP contribution in [0.3, 0.4) is 0 Å². The molecule has 0 aliphatic rings. The van der Waals surface area contributed by atoms with Crippen molar-refractivity contribution in [2.75, 3.05) is 0 Å². The van der Waals surface area contributed by atoms with Crippen LogP contribution in [0.1, 0.15) is 13.3 Å². The summed E-state index contributed by atoms with van der Waals surface area (Å²) in [6, 6.07) is 8.33. The molecule has 94 valence electrons. The second-order valence-corrected chi connectivity index (χ2v) is 3.30. The Balaban J connectivity index is 2.59. The van der Waals surface area contributed by atoms with Gasteiger partial charge in [-0.05, 0) is 12.1 Å². The van der Waals surface area contributed by atoms with E-state index in [1.165, 1.54) is 0 Å². The van der Waals surface area contributed by atoms with E-state index in [0.717, 1.165) is 0 Å². The molecule has 1 unspecified atom stereocenters. The van der Waals surface area contributed by atoms with Gasteiger partial charge in [0.2, 0.25) is 0 Å². The average Bonchev–Trinajstić information content (AvgIpc) is 2.28. The van der Waals surface area contributed by atoms with Crippen molar-refractivity contribution in [3.63, 3.8) is 0 Å². The van der Waals surface area contributed by atoms with Crippen LogP contribution in [-0.4, -0.2) is 18.3 Å². The first-order valence-electron chi connectivity index (χ1n) is 5.03. The van der Waals surface area contributed by atoms with Gasteiger partial charge < -0.3 is 10.1 Å². The molecule has 1 N–H and O–H groups in total. The monoisotopic (exact) mass is 247 g/mol. The number of benzene rings is 1. The van der Waals surface area contributed by atoms with E-state index in [9.17, 15) is 18.0 Å². The van der Waals surface area contributed by atoms with Gasteiger partial charge in [0.1, 0.15) is 5.75 Å². The zero-order chi connectivity index (χ0) is 12.9. The smallest absolute Gasteiger partial charge is 0.471 e.